The molecule has 0 fully saturated rings. The van der Waals surface area contributed by atoms with Crippen molar-refractivity contribution in [2.45, 2.75) is 6.54 Å². The molecule has 19 heavy (non-hydrogen) atoms. The van der Waals surface area contributed by atoms with Crippen LogP contribution < -0.4 is 5.73 Å². The third-order valence-corrected chi connectivity index (χ3v) is 4.26. The SMILES string of the molecule is CN(Cc1cccs1)C(=O)c1cc(N)cc(Cl)c1Cl. The van der Waals surface area contributed by atoms with Crippen molar-refractivity contribution in [1.82, 2.24) is 4.90 Å². The van der Waals surface area contributed by atoms with Crippen molar-refractivity contribution in [3.63, 3.8) is 0 Å². The van der Waals surface area contributed by atoms with E-state index in [1.165, 1.54) is 6.07 Å². The Hall–Kier alpha value is -1.23. The van der Waals surface area contributed by atoms with Crippen LogP contribution in [-0.2, 0) is 6.54 Å². The number of nitrogen functional groups attached to an aromatic ring is 1. The van der Waals surface area contributed by atoms with Crippen molar-refractivity contribution in [3.05, 3.63) is 50.1 Å². The maximum absolute atomic E-state index is 12.3. The molecule has 1 amide bonds. The first-order chi connectivity index (χ1) is 8.99. The Labute approximate surface area is 125 Å². The third-order valence-electron chi connectivity index (χ3n) is 2.60. The fraction of sp³-hybridized carbons (Fsp3) is 0.154. The van der Waals surface area contributed by atoms with Gasteiger partial charge < -0.3 is 10.6 Å². The standard InChI is InChI=1S/C13H12Cl2N2OS/c1-17(7-9-3-2-4-19-9)13(18)10-5-8(16)6-11(14)12(10)15/h2-6H,7,16H2,1H3. The summed E-state index contributed by atoms with van der Waals surface area (Å²) >= 11 is 13.6. The van der Waals surface area contributed by atoms with Crippen molar-refractivity contribution >= 4 is 46.1 Å². The quantitative estimate of drug-likeness (QED) is 0.873. The van der Waals surface area contributed by atoms with E-state index in [4.69, 9.17) is 28.9 Å². The first-order valence-electron chi connectivity index (χ1n) is 5.51. The summed E-state index contributed by atoms with van der Waals surface area (Å²) in [6, 6.07) is 6.99. The van der Waals surface area contributed by atoms with Gasteiger partial charge in [0.1, 0.15) is 0 Å². The minimum absolute atomic E-state index is 0.201. The van der Waals surface area contributed by atoms with Gasteiger partial charge >= 0.3 is 0 Å². The summed E-state index contributed by atoms with van der Waals surface area (Å²) in [5, 5.41) is 2.49. The number of nitrogens with two attached hydrogens (primary N) is 1. The summed E-state index contributed by atoms with van der Waals surface area (Å²) < 4.78 is 0. The number of benzene rings is 1. The van der Waals surface area contributed by atoms with E-state index in [2.05, 4.69) is 0 Å². The molecule has 100 valence electrons. The molecule has 0 atom stereocenters. The molecule has 2 rings (SSSR count). The second kappa shape index (κ2) is 5.82. The highest BCUT2D eigenvalue weighted by Gasteiger charge is 2.18. The van der Waals surface area contributed by atoms with Crippen LogP contribution in [0, 0.1) is 0 Å². The van der Waals surface area contributed by atoms with Crippen LogP contribution in [0.15, 0.2) is 29.6 Å². The van der Waals surface area contributed by atoms with Gasteiger partial charge in [0.05, 0.1) is 22.2 Å². The molecule has 2 aromatic rings. The zero-order valence-corrected chi connectivity index (χ0v) is 12.5. The number of carbonyl (C=O) groups excluding carboxylic acids is 1. The summed E-state index contributed by atoms with van der Waals surface area (Å²) in [7, 11) is 1.72. The molecule has 3 nitrogen and oxygen atoms in total. The molecule has 0 aliphatic rings. The highest BCUT2D eigenvalue weighted by atomic mass is 35.5. The van der Waals surface area contributed by atoms with E-state index in [9.17, 15) is 4.79 Å². The Morgan fingerprint density at radius 2 is 2.16 bits per heavy atom. The van der Waals surface area contributed by atoms with Gasteiger partial charge in [0.2, 0.25) is 0 Å². The van der Waals surface area contributed by atoms with Crippen molar-refractivity contribution in [2.24, 2.45) is 0 Å². The lowest BCUT2D eigenvalue weighted by Gasteiger charge is -2.17. The average Bonchev–Trinajstić information content (AvgIpc) is 2.85. The van der Waals surface area contributed by atoms with Gasteiger partial charge in [-0.15, -0.1) is 11.3 Å². The van der Waals surface area contributed by atoms with Crippen LogP contribution >= 0.6 is 34.5 Å². The summed E-state index contributed by atoms with van der Waals surface area (Å²) in [6.07, 6.45) is 0. The first-order valence-corrected chi connectivity index (χ1v) is 7.15. The number of hydrogen-bond acceptors (Lipinski definition) is 3. The fourth-order valence-corrected chi connectivity index (χ4v) is 2.85. The molecule has 0 bridgehead atoms. The van der Waals surface area contributed by atoms with E-state index in [0.717, 1.165) is 4.88 Å². The normalized spacial score (nSPS) is 10.5. The van der Waals surface area contributed by atoms with Crippen LogP contribution in [0.3, 0.4) is 0 Å². The first kappa shape index (κ1) is 14.2. The van der Waals surface area contributed by atoms with E-state index in [1.807, 2.05) is 17.5 Å². The van der Waals surface area contributed by atoms with Crippen LogP contribution in [0.4, 0.5) is 5.69 Å². The number of thiophene rings is 1. The zero-order chi connectivity index (χ0) is 14.0. The Bertz CT molecular complexity index is 599. The van der Waals surface area contributed by atoms with Crippen LogP contribution in [0.25, 0.3) is 0 Å². The Morgan fingerprint density at radius 3 is 2.79 bits per heavy atom. The number of carbonyl (C=O) groups is 1. The molecule has 0 aliphatic carbocycles. The summed E-state index contributed by atoms with van der Waals surface area (Å²) in [5.41, 5.74) is 6.43. The van der Waals surface area contributed by atoms with Gasteiger partial charge in [-0.3, -0.25) is 4.79 Å². The lowest BCUT2D eigenvalue weighted by atomic mass is 10.1. The van der Waals surface area contributed by atoms with Gasteiger partial charge in [-0.2, -0.15) is 0 Å². The van der Waals surface area contributed by atoms with E-state index < -0.39 is 0 Å². The number of rotatable bonds is 3. The number of halogens is 2. The molecule has 0 unspecified atom stereocenters. The fourth-order valence-electron chi connectivity index (χ4n) is 1.68. The van der Waals surface area contributed by atoms with E-state index >= 15 is 0 Å². The molecule has 0 radical (unpaired) electrons. The van der Waals surface area contributed by atoms with Gasteiger partial charge in [-0.25, -0.2) is 0 Å². The highest BCUT2D eigenvalue weighted by molar-refractivity contribution is 7.09. The molecule has 1 heterocycles. The van der Waals surface area contributed by atoms with E-state index in [-0.39, 0.29) is 16.0 Å². The topological polar surface area (TPSA) is 46.3 Å². The summed E-state index contributed by atoms with van der Waals surface area (Å²) in [6.45, 7) is 0.527. The molecule has 1 aromatic heterocycles. The molecule has 1 aromatic carbocycles. The minimum atomic E-state index is -0.201. The third kappa shape index (κ3) is 3.21. The minimum Gasteiger partial charge on any atom is -0.399 e. The van der Waals surface area contributed by atoms with Crippen LogP contribution in [0.2, 0.25) is 10.0 Å². The monoisotopic (exact) mass is 314 g/mol. The van der Waals surface area contributed by atoms with Crippen LogP contribution in [0.1, 0.15) is 15.2 Å². The largest absolute Gasteiger partial charge is 0.399 e. The lowest BCUT2D eigenvalue weighted by molar-refractivity contribution is 0.0786. The molecular formula is C13H12Cl2N2OS. The van der Waals surface area contributed by atoms with Gasteiger partial charge in [-0.05, 0) is 23.6 Å². The molecule has 0 aliphatic heterocycles. The lowest BCUT2D eigenvalue weighted by Crippen LogP contribution is -2.26. The Morgan fingerprint density at radius 1 is 1.42 bits per heavy atom. The average molecular weight is 315 g/mol. The molecule has 6 heteroatoms. The number of anilines is 1. The predicted octanol–water partition coefficient (Wildman–Crippen LogP) is 3.91. The van der Waals surface area contributed by atoms with E-state index in [0.29, 0.717) is 17.8 Å². The second-order valence-electron chi connectivity index (χ2n) is 4.10. The molecule has 0 saturated heterocycles. The van der Waals surface area contributed by atoms with Crippen LogP contribution in [0.5, 0.6) is 0 Å². The van der Waals surface area contributed by atoms with Gasteiger partial charge in [0, 0.05) is 17.6 Å². The number of hydrogen-bond donors (Lipinski definition) is 1. The predicted molar refractivity (Wildman–Crippen MR) is 81.0 cm³/mol. The summed E-state index contributed by atoms with van der Waals surface area (Å²) in [4.78, 5) is 15.0. The van der Waals surface area contributed by atoms with Gasteiger partial charge in [0.15, 0.2) is 0 Å². The molecular weight excluding hydrogens is 303 g/mol. The van der Waals surface area contributed by atoms with Gasteiger partial charge in [0.25, 0.3) is 5.91 Å². The maximum Gasteiger partial charge on any atom is 0.255 e. The van der Waals surface area contributed by atoms with Gasteiger partial charge in [-0.1, -0.05) is 29.3 Å². The van der Waals surface area contributed by atoms with Crippen molar-refractivity contribution in [3.8, 4) is 0 Å². The van der Waals surface area contributed by atoms with Crippen LogP contribution in [-0.4, -0.2) is 17.9 Å². The Kier molecular flexibility index (Phi) is 4.34. The highest BCUT2D eigenvalue weighted by Crippen LogP contribution is 2.29. The molecule has 2 N–H and O–H groups in total. The van der Waals surface area contributed by atoms with Crippen molar-refractivity contribution in [1.29, 1.82) is 0 Å². The second-order valence-corrected chi connectivity index (χ2v) is 5.92. The number of amides is 1. The maximum atomic E-state index is 12.3. The van der Waals surface area contributed by atoms with Crippen molar-refractivity contribution in [2.75, 3.05) is 12.8 Å². The zero-order valence-electron chi connectivity index (χ0n) is 10.2. The smallest absolute Gasteiger partial charge is 0.255 e. The van der Waals surface area contributed by atoms with E-state index in [1.54, 1.807) is 29.4 Å². The summed E-state index contributed by atoms with van der Waals surface area (Å²) in [5.74, 6) is -0.201. The number of nitrogens with zero attached hydrogens (tertiary/aromatic N) is 1. The molecule has 0 saturated carbocycles. The Balaban J connectivity index is 2.24. The van der Waals surface area contributed by atoms with Crippen molar-refractivity contribution < 1.29 is 4.79 Å². The molecule has 0 spiro atoms.